The van der Waals surface area contributed by atoms with E-state index in [9.17, 15) is 4.39 Å². The van der Waals surface area contributed by atoms with E-state index in [1.807, 2.05) is 6.07 Å². The van der Waals surface area contributed by atoms with Crippen molar-refractivity contribution in [2.45, 2.75) is 46.1 Å². The summed E-state index contributed by atoms with van der Waals surface area (Å²) in [5, 5.41) is 3.76. The van der Waals surface area contributed by atoms with Crippen molar-refractivity contribution in [2.75, 3.05) is 6.54 Å². The molecule has 0 bridgehead atoms. The Labute approximate surface area is 115 Å². The van der Waals surface area contributed by atoms with Gasteiger partial charge in [-0.05, 0) is 43.4 Å². The Bertz CT molecular complexity index is 366. The number of halogens is 2. The number of rotatable bonds is 7. The van der Waals surface area contributed by atoms with Gasteiger partial charge in [-0.1, -0.05) is 44.5 Å². The highest BCUT2D eigenvalue weighted by molar-refractivity contribution is 6.31. The first-order valence-electron chi connectivity index (χ1n) is 6.70. The third-order valence-electron chi connectivity index (χ3n) is 3.04. The molecule has 0 saturated carbocycles. The summed E-state index contributed by atoms with van der Waals surface area (Å²) in [6, 6.07) is 5.52. The Morgan fingerprint density at radius 1 is 1.33 bits per heavy atom. The first kappa shape index (κ1) is 15.5. The van der Waals surface area contributed by atoms with E-state index in [0.717, 1.165) is 31.4 Å². The average Bonchev–Trinajstić information content (AvgIpc) is 2.30. The Kier molecular flexibility index (Phi) is 6.66. The molecule has 102 valence electrons. The smallest absolute Gasteiger partial charge is 0.142 e. The lowest BCUT2D eigenvalue weighted by Crippen LogP contribution is -2.30. The molecule has 1 aromatic carbocycles. The zero-order chi connectivity index (χ0) is 13.5. The van der Waals surface area contributed by atoms with Gasteiger partial charge in [0.2, 0.25) is 0 Å². The fourth-order valence-electron chi connectivity index (χ4n) is 2.23. The lowest BCUT2D eigenvalue weighted by atomic mass is 9.97. The second-order valence-electron chi connectivity index (χ2n) is 5.14. The molecule has 0 amide bonds. The maximum absolute atomic E-state index is 13.3. The van der Waals surface area contributed by atoms with Gasteiger partial charge in [0.05, 0.1) is 5.02 Å². The minimum atomic E-state index is -0.321. The molecule has 0 aliphatic heterocycles. The molecule has 1 atom stereocenters. The van der Waals surface area contributed by atoms with Crippen LogP contribution in [0.3, 0.4) is 0 Å². The molecule has 18 heavy (non-hydrogen) atoms. The van der Waals surface area contributed by atoms with Gasteiger partial charge < -0.3 is 5.32 Å². The molecule has 0 heterocycles. The second kappa shape index (κ2) is 7.75. The molecular formula is C15H23ClFN. The highest BCUT2D eigenvalue weighted by Gasteiger charge is 2.12. The van der Waals surface area contributed by atoms with Crippen molar-refractivity contribution in [3.63, 3.8) is 0 Å². The predicted octanol–water partition coefficient (Wildman–Crippen LogP) is 4.44. The van der Waals surface area contributed by atoms with Crippen LogP contribution in [-0.4, -0.2) is 12.6 Å². The summed E-state index contributed by atoms with van der Waals surface area (Å²) in [4.78, 5) is 0. The third kappa shape index (κ3) is 4.95. The molecule has 1 unspecified atom stereocenters. The van der Waals surface area contributed by atoms with Gasteiger partial charge in [-0.2, -0.15) is 0 Å². The monoisotopic (exact) mass is 271 g/mol. The van der Waals surface area contributed by atoms with Crippen molar-refractivity contribution in [1.29, 1.82) is 0 Å². The number of nitrogens with one attached hydrogen (secondary N) is 1. The summed E-state index contributed by atoms with van der Waals surface area (Å²) in [7, 11) is 0. The van der Waals surface area contributed by atoms with E-state index in [4.69, 9.17) is 11.6 Å². The van der Waals surface area contributed by atoms with Gasteiger partial charge in [0, 0.05) is 6.04 Å². The highest BCUT2D eigenvalue weighted by atomic mass is 35.5. The Hall–Kier alpha value is -0.600. The number of benzene rings is 1. The predicted molar refractivity (Wildman–Crippen MR) is 76.7 cm³/mol. The molecule has 0 aliphatic rings. The number of aryl methyl sites for hydroxylation is 1. The lowest BCUT2D eigenvalue weighted by molar-refractivity contribution is 0.405. The minimum absolute atomic E-state index is 0.275. The summed E-state index contributed by atoms with van der Waals surface area (Å²) >= 11 is 5.96. The topological polar surface area (TPSA) is 12.0 Å². The van der Waals surface area contributed by atoms with Gasteiger partial charge in [-0.3, -0.25) is 0 Å². The fourth-order valence-corrected chi connectivity index (χ4v) is 2.45. The van der Waals surface area contributed by atoms with Crippen molar-refractivity contribution < 1.29 is 4.39 Å². The van der Waals surface area contributed by atoms with Crippen LogP contribution in [0.25, 0.3) is 0 Å². The van der Waals surface area contributed by atoms with Crippen LogP contribution in [0.4, 0.5) is 4.39 Å². The fraction of sp³-hybridized carbons (Fsp3) is 0.600. The number of hydrogen-bond donors (Lipinski definition) is 1. The molecule has 0 fully saturated rings. The van der Waals surface area contributed by atoms with Crippen LogP contribution in [-0.2, 0) is 6.42 Å². The molecule has 1 nitrogen and oxygen atoms in total. The van der Waals surface area contributed by atoms with Crippen molar-refractivity contribution in [3.05, 3.63) is 34.6 Å². The first-order chi connectivity index (χ1) is 8.54. The first-order valence-corrected chi connectivity index (χ1v) is 7.08. The maximum atomic E-state index is 13.3. The van der Waals surface area contributed by atoms with E-state index in [0.29, 0.717) is 12.0 Å². The van der Waals surface area contributed by atoms with E-state index in [1.54, 1.807) is 6.07 Å². The molecule has 0 saturated heterocycles. The van der Waals surface area contributed by atoms with Crippen LogP contribution in [0.15, 0.2) is 18.2 Å². The zero-order valence-corrected chi connectivity index (χ0v) is 12.2. The average molecular weight is 272 g/mol. The third-order valence-corrected chi connectivity index (χ3v) is 3.47. The Morgan fingerprint density at radius 3 is 2.67 bits per heavy atom. The van der Waals surface area contributed by atoms with E-state index in [2.05, 4.69) is 26.1 Å². The Morgan fingerprint density at radius 2 is 2.06 bits per heavy atom. The molecule has 0 aromatic heterocycles. The van der Waals surface area contributed by atoms with Crippen LogP contribution in [0.1, 0.15) is 39.2 Å². The summed E-state index contributed by atoms with van der Waals surface area (Å²) in [6.07, 6.45) is 2.96. The van der Waals surface area contributed by atoms with Crippen LogP contribution in [0, 0.1) is 11.7 Å². The standard InChI is InChI=1S/C15H23ClFN/c1-4-18-13(10-11(2)3)9-8-12-6-5-7-14(17)15(12)16/h5-7,11,13,18H,4,8-10H2,1-3H3. The van der Waals surface area contributed by atoms with Gasteiger partial charge in [0.25, 0.3) is 0 Å². The lowest BCUT2D eigenvalue weighted by Gasteiger charge is -2.20. The van der Waals surface area contributed by atoms with Gasteiger partial charge in [-0.25, -0.2) is 4.39 Å². The van der Waals surface area contributed by atoms with Crippen molar-refractivity contribution in [3.8, 4) is 0 Å². The highest BCUT2D eigenvalue weighted by Crippen LogP contribution is 2.22. The van der Waals surface area contributed by atoms with Crippen LogP contribution in [0.2, 0.25) is 5.02 Å². The minimum Gasteiger partial charge on any atom is -0.314 e. The maximum Gasteiger partial charge on any atom is 0.142 e. The van der Waals surface area contributed by atoms with Gasteiger partial charge in [0.1, 0.15) is 5.82 Å². The quantitative estimate of drug-likeness (QED) is 0.773. The second-order valence-corrected chi connectivity index (χ2v) is 5.51. The molecule has 1 aromatic rings. The largest absolute Gasteiger partial charge is 0.314 e. The van der Waals surface area contributed by atoms with Gasteiger partial charge in [-0.15, -0.1) is 0 Å². The number of hydrogen-bond acceptors (Lipinski definition) is 1. The summed E-state index contributed by atoms with van der Waals surface area (Å²) in [5.41, 5.74) is 0.906. The zero-order valence-electron chi connectivity index (χ0n) is 11.5. The van der Waals surface area contributed by atoms with Crippen LogP contribution in [0.5, 0.6) is 0 Å². The SMILES string of the molecule is CCNC(CCc1cccc(F)c1Cl)CC(C)C. The summed E-state index contributed by atoms with van der Waals surface area (Å²) in [6.45, 7) is 7.52. The van der Waals surface area contributed by atoms with E-state index < -0.39 is 0 Å². The molecule has 0 spiro atoms. The summed E-state index contributed by atoms with van der Waals surface area (Å²) < 4.78 is 13.3. The summed E-state index contributed by atoms with van der Waals surface area (Å²) in [5.74, 6) is 0.343. The Balaban J connectivity index is 2.58. The van der Waals surface area contributed by atoms with Gasteiger partial charge in [0.15, 0.2) is 0 Å². The van der Waals surface area contributed by atoms with Crippen molar-refractivity contribution >= 4 is 11.6 Å². The molecule has 0 radical (unpaired) electrons. The molecule has 1 N–H and O–H groups in total. The molecule has 3 heteroatoms. The van der Waals surface area contributed by atoms with E-state index in [1.165, 1.54) is 6.07 Å². The van der Waals surface area contributed by atoms with Crippen LogP contribution >= 0.6 is 11.6 Å². The molecular weight excluding hydrogens is 249 g/mol. The molecule has 0 aliphatic carbocycles. The van der Waals surface area contributed by atoms with Crippen molar-refractivity contribution in [2.24, 2.45) is 5.92 Å². The van der Waals surface area contributed by atoms with E-state index >= 15 is 0 Å². The molecule has 1 rings (SSSR count). The van der Waals surface area contributed by atoms with Crippen LogP contribution < -0.4 is 5.32 Å². The normalized spacial score (nSPS) is 13.0. The van der Waals surface area contributed by atoms with Crippen molar-refractivity contribution in [1.82, 2.24) is 5.32 Å². The van der Waals surface area contributed by atoms with E-state index in [-0.39, 0.29) is 10.8 Å². The van der Waals surface area contributed by atoms with Gasteiger partial charge >= 0.3 is 0 Å².